The van der Waals surface area contributed by atoms with E-state index in [2.05, 4.69) is 34.6 Å². The van der Waals surface area contributed by atoms with Gasteiger partial charge in [0.15, 0.2) is 0 Å². The molecule has 0 aromatic heterocycles. The standard InChI is InChI=1S/C8H15NO.2C3H8/c1-7-4-3-5-9(6-7)8(2)10;2*1-3-2/h7H,3-6H2,1-2H3;2*3H2,1-2H3. The minimum atomic E-state index is 0.228. The molecule has 1 amide bonds. The van der Waals surface area contributed by atoms with Gasteiger partial charge < -0.3 is 4.90 Å². The molecule has 1 heterocycles. The smallest absolute Gasteiger partial charge is 0.219 e. The van der Waals surface area contributed by atoms with E-state index in [4.69, 9.17) is 0 Å². The lowest BCUT2D eigenvalue weighted by molar-refractivity contribution is -0.130. The predicted octanol–water partition coefficient (Wildman–Crippen LogP) is 4.10. The molecule has 0 aromatic carbocycles. The number of piperidine rings is 1. The minimum Gasteiger partial charge on any atom is -0.343 e. The van der Waals surface area contributed by atoms with Crippen LogP contribution in [-0.2, 0) is 4.79 Å². The maximum atomic E-state index is 10.9. The Morgan fingerprint density at radius 3 is 1.88 bits per heavy atom. The normalized spacial score (nSPS) is 18.9. The molecule has 0 N–H and O–H groups in total. The van der Waals surface area contributed by atoms with Gasteiger partial charge in [0.2, 0.25) is 5.91 Å². The molecule has 0 aromatic rings. The van der Waals surface area contributed by atoms with Crippen molar-refractivity contribution in [1.82, 2.24) is 4.90 Å². The van der Waals surface area contributed by atoms with Crippen molar-refractivity contribution < 1.29 is 4.79 Å². The topological polar surface area (TPSA) is 20.3 Å². The van der Waals surface area contributed by atoms with E-state index in [9.17, 15) is 4.79 Å². The number of hydrogen-bond acceptors (Lipinski definition) is 1. The fraction of sp³-hybridized carbons (Fsp3) is 0.929. The molecular weight excluding hydrogens is 198 g/mol. The highest BCUT2D eigenvalue weighted by atomic mass is 16.2. The Morgan fingerprint density at radius 2 is 1.62 bits per heavy atom. The maximum Gasteiger partial charge on any atom is 0.219 e. The van der Waals surface area contributed by atoms with Gasteiger partial charge in [0.05, 0.1) is 0 Å². The zero-order valence-corrected chi connectivity index (χ0v) is 12.2. The number of carbonyl (C=O) groups excluding carboxylic acids is 1. The van der Waals surface area contributed by atoms with Crippen molar-refractivity contribution in [3.05, 3.63) is 0 Å². The average molecular weight is 229 g/mol. The van der Waals surface area contributed by atoms with Crippen LogP contribution < -0.4 is 0 Å². The lowest BCUT2D eigenvalue weighted by Crippen LogP contribution is -2.37. The molecule has 2 heteroatoms. The molecule has 1 aliphatic heterocycles. The van der Waals surface area contributed by atoms with Gasteiger partial charge in [-0.3, -0.25) is 4.79 Å². The second-order valence-electron chi connectivity index (χ2n) is 4.63. The van der Waals surface area contributed by atoms with Gasteiger partial charge in [0, 0.05) is 20.0 Å². The quantitative estimate of drug-likeness (QED) is 0.612. The first-order chi connectivity index (χ1) is 7.53. The summed E-state index contributed by atoms with van der Waals surface area (Å²) >= 11 is 0. The fourth-order valence-corrected chi connectivity index (χ4v) is 1.48. The summed E-state index contributed by atoms with van der Waals surface area (Å²) in [5.41, 5.74) is 0. The fourth-order valence-electron chi connectivity index (χ4n) is 1.48. The first-order valence-electron chi connectivity index (χ1n) is 6.78. The molecule has 16 heavy (non-hydrogen) atoms. The molecule has 1 atom stereocenters. The molecule has 1 aliphatic rings. The van der Waals surface area contributed by atoms with E-state index in [1.807, 2.05) is 4.90 Å². The van der Waals surface area contributed by atoms with E-state index >= 15 is 0 Å². The van der Waals surface area contributed by atoms with Crippen molar-refractivity contribution in [3.63, 3.8) is 0 Å². The van der Waals surface area contributed by atoms with Crippen LogP contribution in [0.5, 0.6) is 0 Å². The van der Waals surface area contributed by atoms with E-state index in [-0.39, 0.29) is 5.91 Å². The van der Waals surface area contributed by atoms with Gasteiger partial charge in [0.25, 0.3) is 0 Å². The Balaban J connectivity index is 0. The highest BCUT2D eigenvalue weighted by Gasteiger charge is 2.17. The summed E-state index contributed by atoms with van der Waals surface area (Å²) in [6.07, 6.45) is 4.96. The third-order valence-electron chi connectivity index (χ3n) is 2.10. The first kappa shape index (κ1) is 17.9. The Bertz CT molecular complexity index is 155. The second kappa shape index (κ2) is 12.5. The summed E-state index contributed by atoms with van der Waals surface area (Å²) in [6, 6.07) is 0. The van der Waals surface area contributed by atoms with Crippen molar-refractivity contribution in [2.45, 2.75) is 67.2 Å². The van der Waals surface area contributed by atoms with Crippen molar-refractivity contribution in [2.24, 2.45) is 5.92 Å². The molecule has 98 valence electrons. The van der Waals surface area contributed by atoms with Crippen LogP contribution >= 0.6 is 0 Å². The largest absolute Gasteiger partial charge is 0.343 e. The summed E-state index contributed by atoms with van der Waals surface area (Å²) in [5, 5.41) is 0. The molecular formula is C14H31NO. The van der Waals surface area contributed by atoms with Gasteiger partial charge in [-0.15, -0.1) is 0 Å². The van der Waals surface area contributed by atoms with Crippen LogP contribution in [0.15, 0.2) is 0 Å². The average Bonchev–Trinajstić information content (AvgIpc) is 2.20. The van der Waals surface area contributed by atoms with Crippen LogP contribution in [0, 0.1) is 5.92 Å². The van der Waals surface area contributed by atoms with Crippen LogP contribution in [0.4, 0.5) is 0 Å². The summed E-state index contributed by atoms with van der Waals surface area (Å²) in [4.78, 5) is 12.8. The zero-order valence-electron chi connectivity index (χ0n) is 12.2. The lowest BCUT2D eigenvalue weighted by atomic mass is 10.0. The molecule has 2 nitrogen and oxygen atoms in total. The van der Waals surface area contributed by atoms with Crippen LogP contribution in [0.3, 0.4) is 0 Å². The third-order valence-corrected chi connectivity index (χ3v) is 2.10. The molecule has 0 bridgehead atoms. The third kappa shape index (κ3) is 11.5. The maximum absolute atomic E-state index is 10.9. The summed E-state index contributed by atoms with van der Waals surface area (Å²) < 4.78 is 0. The molecule has 1 saturated heterocycles. The lowest BCUT2D eigenvalue weighted by Gasteiger charge is -2.29. The van der Waals surface area contributed by atoms with Crippen molar-refractivity contribution >= 4 is 5.91 Å². The number of carbonyl (C=O) groups is 1. The van der Waals surface area contributed by atoms with Crippen molar-refractivity contribution in [1.29, 1.82) is 0 Å². The summed E-state index contributed by atoms with van der Waals surface area (Å²) in [6.45, 7) is 14.3. The van der Waals surface area contributed by atoms with Crippen LogP contribution in [0.1, 0.15) is 67.2 Å². The molecule has 0 spiro atoms. The summed E-state index contributed by atoms with van der Waals surface area (Å²) in [7, 11) is 0. The highest BCUT2D eigenvalue weighted by Crippen LogP contribution is 2.14. The number of amides is 1. The van der Waals surface area contributed by atoms with E-state index in [1.54, 1.807) is 6.92 Å². The van der Waals surface area contributed by atoms with Gasteiger partial charge >= 0.3 is 0 Å². The predicted molar refractivity (Wildman–Crippen MR) is 72.6 cm³/mol. The number of likely N-dealkylation sites (tertiary alicyclic amines) is 1. The van der Waals surface area contributed by atoms with E-state index < -0.39 is 0 Å². The van der Waals surface area contributed by atoms with Crippen molar-refractivity contribution in [2.75, 3.05) is 13.1 Å². The minimum absolute atomic E-state index is 0.228. The highest BCUT2D eigenvalue weighted by molar-refractivity contribution is 5.73. The van der Waals surface area contributed by atoms with E-state index in [0.717, 1.165) is 13.1 Å². The molecule has 0 aliphatic carbocycles. The molecule has 0 radical (unpaired) electrons. The second-order valence-corrected chi connectivity index (χ2v) is 4.63. The number of nitrogens with zero attached hydrogens (tertiary/aromatic N) is 1. The number of hydrogen-bond donors (Lipinski definition) is 0. The van der Waals surface area contributed by atoms with Gasteiger partial charge in [-0.25, -0.2) is 0 Å². The Morgan fingerprint density at radius 1 is 1.19 bits per heavy atom. The van der Waals surface area contributed by atoms with E-state index in [1.165, 1.54) is 25.7 Å². The molecule has 0 saturated carbocycles. The molecule has 1 rings (SSSR count). The van der Waals surface area contributed by atoms with Crippen LogP contribution in [-0.4, -0.2) is 23.9 Å². The van der Waals surface area contributed by atoms with E-state index in [0.29, 0.717) is 5.92 Å². The van der Waals surface area contributed by atoms with Gasteiger partial charge in [-0.2, -0.15) is 0 Å². The Hall–Kier alpha value is -0.530. The van der Waals surface area contributed by atoms with Crippen LogP contribution in [0.2, 0.25) is 0 Å². The Labute approximate surface area is 102 Å². The van der Waals surface area contributed by atoms with Crippen LogP contribution in [0.25, 0.3) is 0 Å². The molecule has 1 fully saturated rings. The number of rotatable bonds is 0. The first-order valence-corrected chi connectivity index (χ1v) is 6.78. The van der Waals surface area contributed by atoms with Crippen molar-refractivity contribution in [3.8, 4) is 0 Å². The zero-order chi connectivity index (χ0) is 13.0. The SMILES string of the molecule is CC(=O)N1CCCC(C)C1.CCC.CCC. The van der Waals surface area contributed by atoms with Gasteiger partial charge in [-0.05, 0) is 18.8 Å². The Kier molecular flexibility index (Phi) is 14.0. The van der Waals surface area contributed by atoms with Gasteiger partial charge in [0.1, 0.15) is 0 Å². The molecule has 1 unspecified atom stereocenters. The monoisotopic (exact) mass is 229 g/mol. The summed E-state index contributed by atoms with van der Waals surface area (Å²) in [5.74, 6) is 0.934. The van der Waals surface area contributed by atoms with Gasteiger partial charge in [-0.1, -0.05) is 47.5 Å².